The zero-order chi connectivity index (χ0) is 12.6. The maximum absolute atomic E-state index is 12.8. The van der Waals surface area contributed by atoms with Crippen molar-refractivity contribution in [2.24, 2.45) is 5.73 Å². The van der Waals surface area contributed by atoms with Crippen LogP contribution in [0, 0.1) is 6.92 Å². The summed E-state index contributed by atoms with van der Waals surface area (Å²) in [6, 6.07) is 3.93. The molecular weight excluding hydrogens is 231 g/mol. The van der Waals surface area contributed by atoms with Crippen molar-refractivity contribution in [2.75, 3.05) is 0 Å². The Labute approximate surface area is 95.5 Å². The molecule has 1 aromatic carbocycles. The van der Waals surface area contributed by atoms with Gasteiger partial charge in [-0.05, 0) is 13.0 Å². The fourth-order valence-corrected chi connectivity index (χ4v) is 1.68. The van der Waals surface area contributed by atoms with E-state index in [1.807, 2.05) is 0 Å². The number of aromatic nitrogens is 2. The number of halogens is 3. The van der Waals surface area contributed by atoms with E-state index in [0.29, 0.717) is 11.1 Å². The molecule has 0 saturated carbocycles. The maximum atomic E-state index is 12.8. The monoisotopic (exact) mass is 241 g/mol. The summed E-state index contributed by atoms with van der Waals surface area (Å²) in [4.78, 5) is 7.90. The molecule has 0 fully saturated rings. The van der Waals surface area contributed by atoms with E-state index in [1.165, 1.54) is 6.07 Å². The highest BCUT2D eigenvalue weighted by Gasteiger charge is 2.33. The first kappa shape index (κ1) is 11.8. The number of hydrogen-bond acceptors (Lipinski definition) is 3. The Hall–Kier alpha value is -1.69. The van der Waals surface area contributed by atoms with Crippen LogP contribution in [0.2, 0.25) is 0 Å². The minimum Gasteiger partial charge on any atom is -0.324 e. The van der Waals surface area contributed by atoms with Gasteiger partial charge in [0, 0.05) is 11.1 Å². The number of nitrogens with two attached hydrogens (primary N) is 1. The lowest BCUT2D eigenvalue weighted by atomic mass is 10.1. The first-order valence-electron chi connectivity index (χ1n) is 4.97. The first-order valence-corrected chi connectivity index (χ1v) is 4.97. The molecule has 0 radical (unpaired) electrons. The van der Waals surface area contributed by atoms with Crippen molar-refractivity contribution in [1.29, 1.82) is 0 Å². The van der Waals surface area contributed by atoms with Crippen LogP contribution in [-0.2, 0) is 12.7 Å². The molecule has 0 aliphatic carbocycles. The highest BCUT2D eigenvalue weighted by atomic mass is 19.4. The van der Waals surface area contributed by atoms with E-state index in [-0.39, 0.29) is 17.9 Å². The van der Waals surface area contributed by atoms with Crippen LogP contribution in [0.25, 0.3) is 10.9 Å². The minimum absolute atomic E-state index is 0.0168. The third-order valence-electron chi connectivity index (χ3n) is 2.45. The van der Waals surface area contributed by atoms with Gasteiger partial charge >= 0.3 is 6.18 Å². The average molecular weight is 241 g/mol. The Bertz CT molecular complexity index is 564. The first-order chi connectivity index (χ1) is 7.93. The van der Waals surface area contributed by atoms with Crippen LogP contribution < -0.4 is 5.73 Å². The summed E-state index contributed by atoms with van der Waals surface area (Å²) in [5.74, 6) is 0.215. The zero-order valence-electron chi connectivity index (χ0n) is 9.04. The molecule has 0 bridgehead atoms. The molecule has 3 nitrogen and oxygen atoms in total. The Morgan fingerprint density at radius 2 is 1.94 bits per heavy atom. The highest BCUT2D eigenvalue weighted by molar-refractivity contribution is 5.84. The van der Waals surface area contributed by atoms with Crippen molar-refractivity contribution in [3.63, 3.8) is 0 Å². The summed E-state index contributed by atoms with van der Waals surface area (Å²) in [5, 5.41) is 0.400. The molecule has 2 N–H and O–H groups in total. The van der Waals surface area contributed by atoms with E-state index in [0.717, 1.165) is 6.07 Å². The number of alkyl halides is 3. The molecule has 0 aliphatic heterocycles. The van der Waals surface area contributed by atoms with Crippen LogP contribution >= 0.6 is 0 Å². The van der Waals surface area contributed by atoms with E-state index in [2.05, 4.69) is 9.97 Å². The summed E-state index contributed by atoms with van der Waals surface area (Å²) in [6.07, 6.45) is -4.42. The van der Waals surface area contributed by atoms with Gasteiger partial charge in [-0.3, -0.25) is 0 Å². The van der Waals surface area contributed by atoms with Gasteiger partial charge in [0.2, 0.25) is 0 Å². The third kappa shape index (κ3) is 2.08. The van der Waals surface area contributed by atoms with Crippen molar-refractivity contribution in [2.45, 2.75) is 19.6 Å². The van der Waals surface area contributed by atoms with Gasteiger partial charge in [-0.15, -0.1) is 0 Å². The van der Waals surface area contributed by atoms with Gasteiger partial charge in [0.15, 0.2) is 0 Å². The lowest BCUT2D eigenvalue weighted by molar-refractivity contribution is -0.136. The third-order valence-corrected chi connectivity index (χ3v) is 2.45. The van der Waals surface area contributed by atoms with Crippen LogP contribution in [0.1, 0.15) is 17.1 Å². The molecule has 1 heterocycles. The molecule has 1 aromatic heterocycles. The van der Waals surface area contributed by atoms with Crippen molar-refractivity contribution < 1.29 is 13.2 Å². The summed E-state index contributed by atoms with van der Waals surface area (Å²) in [7, 11) is 0. The van der Waals surface area contributed by atoms with E-state index >= 15 is 0 Å². The van der Waals surface area contributed by atoms with Gasteiger partial charge in [0.25, 0.3) is 0 Å². The molecular formula is C11H10F3N3. The lowest BCUT2D eigenvalue weighted by Gasteiger charge is -2.11. The normalized spacial score (nSPS) is 12.1. The predicted molar refractivity (Wildman–Crippen MR) is 57.2 cm³/mol. The summed E-state index contributed by atoms with van der Waals surface area (Å²) in [5.41, 5.74) is 5.02. The van der Waals surface area contributed by atoms with Crippen LogP contribution in [0.4, 0.5) is 13.2 Å². The second kappa shape index (κ2) is 3.96. The van der Waals surface area contributed by atoms with E-state index in [4.69, 9.17) is 5.73 Å². The topological polar surface area (TPSA) is 51.8 Å². The Morgan fingerprint density at radius 3 is 2.53 bits per heavy atom. The maximum Gasteiger partial charge on any atom is 0.418 e. The van der Waals surface area contributed by atoms with E-state index in [1.54, 1.807) is 13.0 Å². The van der Waals surface area contributed by atoms with E-state index in [9.17, 15) is 13.2 Å². The van der Waals surface area contributed by atoms with Crippen molar-refractivity contribution in [3.8, 4) is 0 Å². The molecule has 0 spiro atoms. The highest BCUT2D eigenvalue weighted by Crippen LogP contribution is 2.34. The fourth-order valence-electron chi connectivity index (χ4n) is 1.68. The fraction of sp³-hybridized carbons (Fsp3) is 0.273. The predicted octanol–water partition coefficient (Wildman–Crippen LogP) is 2.42. The molecule has 2 aromatic rings. The van der Waals surface area contributed by atoms with Gasteiger partial charge in [0.1, 0.15) is 5.82 Å². The lowest BCUT2D eigenvalue weighted by Crippen LogP contribution is -2.10. The van der Waals surface area contributed by atoms with Crippen molar-refractivity contribution in [3.05, 3.63) is 35.3 Å². The van der Waals surface area contributed by atoms with E-state index < -0.39 is 11.7 Å². The molecule has 0 amide bonds. The summed E-state index contributed by atoms with van der Waals surface area (Å²) in [6.45, 7) is 1.66. The smallest absolute Gasteiger partial charge is 0.324 e. The molecule has 6 heteroatoms. The van der Waals surface area contributed by atoms with Crippen LogP contribution in [0.15, 0.2) is 18.2 Å². The van der Waals surface area contributed by atoms with Crippen molar-refractivity contribution in [1.82, 2.24) is 9.97 Å². The number of benzene rings is 1. The van der Waals surface area contributed by atoms with Gasteiger partial charge < -0.3 is 5.73 Å². The Kier molecular flexibility index (Phi) is 2.74. The molecule has 0 atom stereocenters. The van der Waals surface area contributed by atoms with Gasteiger partial charge in [-0.2, -0.15) is 13.2 Å². The average Bonchev–Trinajstić information content (AvgIpc) is 2.26. The summed E-state index contributed by atoms with van der Waals surface area (Å²) < 4.78 is 38.4. The number of aryl methyl sites for hydroxylation is 1. The number of para-hydroxylation sites is 1. The number of rotatable bonds is 1. The largest absolute Gasteiger partial charge is 0.418 e. The SMILES string of the molecule is Cc1nc(CN)nc2c(C(F)(F)F)cccc12. The van der Waals surface area contributed by atoms with Gasteiger partial charge in [-0.25, -0.2) is 9.97 Å². The standard InChI is InChI=1S/C11H10F3N3/c1-6-7-3-2-4-8(11(12,13)14)10(7)17-9(5-15)16-6/h2-4H,5,15H2,1H3. The molecule has 17 heavy (non-hydrogen) atoms. The number of hydrogen-bond donors (Lipinski definition) is 1. The molecule has 2 rings (SSSR count). The molecule has 0 unspecified atom stereocenters. The minimum atomic E-state index is -4.42. The van der Waals surface area contributed by atoms with Gasteiger partial charge in [0.05, 0.1) is 17.6 Å². The second-order valence-electron chi connectivity index (χ2n) is 3.63. The van der Waals surface area contributed by atoms with Crippen LogP contribution in [0.5, 0.6) is 0 Å². The Morgan fingerprint density at radius 1 is 1.24 bits per heavy atom. The van der Waals surface area contributed by atoms with Gasteiger partial charge in [-0.1, -0.05) is 12.1 Å². The molecule has 90 valence electrons. The molecule has 0 aliphatic rings. The van der Waals surface area contributed by atoms with Crippen LogP contribution in [0.3, 0.4) is 0 Å². The Balaban J connectivity index is 2.83. The summed E-state index contributed by atoms with van der Waals surface area (Å²) >= 11 is 0. The second-order valence-corrected chi connectivity index (χ2v) is 3.63. The quantitative estimate of drug-likeness (QED) is 0.834. The molecule has 0 saturated heterocycles. The number of nitrogens with zero attached hydrogens (tertiary/aromatic N) is 2. The number of fused-ring (bicyclic) bond motifs is 1. The van der Waals surface area contributed by atoms with Crippen molar-refractivity contribution >= 4 is 10.9 Å². The zero-order valence-corrected chi connectivity index (χ0v) is 9.04. The van der Waals surface area contributed by atoms with Crippen LogP contribution in [-0.4, -0.2) is 9.97 Å².